The van der Waals surface area contributed by atoms with Crippen LogP contribution in [0.1, 0.15) is 82.0 Å². The van der Waals surface area contributed by atoms with E-state index in [0.29, 0.717) is 0 Å². The van der Waals surface area contributed by atoms with E-state index in [2.05, 4.69) is 10.6 Å². The van der Waals surface area contributed by atoms with E-state index in [1.165, 1.54) is 25.1 Å². The molecule has 0 unspecified atom stereocenters. The van der Waals surface area contributed by atoms with Gasteiger partial charge in [-0.2, -0.15) is 0 Å². The average Bonchev–Trinajstić information content (AvgIpc) is 2.79. The Morgan fingerprint density at radius 2 is 1.45 bits per heavy atom. The van der Waals surface area contributed by atoms with Crippen LogP contribution in [-0.4, -0.2) is 54.2 Å². The van der Waals surface area contributed by atoms with Gasteiger partial charge in [-0.05, 0) is 25.1 Å². The molecule has 0 bridgehead atoms. The fourth-order valence-electron chi connectivity index (χ4n) is 2.24. The molecular weight excluding hydrogens is 428 g/mol. The molecule has 0 saturated carbocycles. The van der Waals surface area contributed by atoms with Gasteiger partial charge >= 0.3 is 5.97 Å². The first-order valence-electron chi connectivity index (χ1n) is 11.2. The molecular formula is C24H38N2O7. The van der Waals surface area contributed by atoms with Gasteiger partial charge in [-0.25, -0.2) is 0 Å². The zero-order chi connectivity index (χ0) is 26.0. The monoisotopic (exact) mass is 466 g/mol. The number of amides is 2. The molecule has 9 heteroatoms. The second-order valence-corrected chi connectivity index (χ2v) is 6.71. The molecule has 0 radical (unpaired) electrons. The van der Waals surface area contributed by atoms with E-state index in [-0.39, 0.29) is 60.4 Å². The number of aliphatic carboxylic acids is 1. The van der Waals surface area contributed by atoms with Crippen LogP contribution in [0, 0.1) is 5.92 Å². The summed E-state index contributed by atoms with van der Waals surface area (Å²) in [5.74, 6) is -2.56. The van der Waals surface area contributed by atoms with Crippen LogP contribution in [0.3, 0.4) is 0 Å². The standard InChI is InChI=1S/C20H26N2O7.2C2H6/c1-12(2)17(24)4-6-29-7-5-18(25)22-16-9-14(13(3)23)8-15(10-16)20(28)21-11-19(26)27;2*1-2/h8-10,12H,4-7,11H2,1-3H3,(H,21,28)(H,22,25)(H,26,27);2*1-2H3. The molecule has 3 N–H and O–H groups in total. The summed E-state index contributed by atoms with van der Waals surface area (Å²) in [5, 5.41) is 13.4. The number of Topliss-reactive ketones (excluding diaryl/α,β-unsaturated/α-hetero) is 2. The molecule has 1 aromatic rings. The van der Waals surface area contributed by atoms with Crippen LogP contribution in [0.25, 0.3) is 0 Å². The molecule has 186 valence electrons. The number of anilines is 1. The summed E-state index contributed by atoms with van der Waals surface area (Å²) in [5.41, 5.74) is 0.489. The van der Waals surface area contributed by atoms with Gasteiger partial charge in [0, 0.05) is 29.2 Å². The van der Waals surface area contributed by atoms with Crippen LogP contribution in [0.2, 0.25) is 0 Å². The van der Waals surface area contributed by atoms with Crippen molar-refractivity contribution in [2.45, 2.75) is 61.3 Å². The van der Waals surface area contributed by atoms with Crippen LogP contribution < -0.4 is 10.6 Å². The normalized spacial score (nSPS) is 9.58. The van der Waals surface area contributed by atoms with E-state index in [1.54, 1.807) is 13.8 Å². The highest BCUT2D eigenvalue weighted by molar-refractivity contribution is 6.03. The summed E-state index contributed by atoms with van der Waals surface area (Å²) in [6.45, 7) is 12.7. The summed E-state index contributed by atoms with van der Waals surface area (Å²) < 4.78 is 5.29. The summed E-state index contributed by atoms with van der Waals surface area (Å²) in [6, 6.07) is 4.10. The van der Waals surface area contributed by atoms with Gasteiger partial charge in [0.1, 0.15) is 12.3 Å². The van der Waals surface area contributed by atoms with Crippen LogP contribution in [0.15, 0.2) is 18.2 Å². The summed E-state index contributed by atoms with van der Waals surface area (Å²) in [4.78, 5) is 57.9. The second kappa shape index (κ2) is 18.5. The molecule has 0 aliphatic heterocycles. The van der Waals surface area contributed by atoms with E-state index < -0.39 is 24.3 Å². The molecule has 0 spiro atoms. The maximum absolute atomic E-state index is 12.1. The molecule has 0 aromatic heterocycles. The lowest BCUT2D eigenvalue weighted by atomic mass is 10.1. The van der Waals surface area contributed by atoms with Crippen molar-refractivity contribution in [1.82, 2.24) is 5.32 Å². The van der Waals surface area contributed by atoms with Gasteiger partial charge in [0.15, 0.2) is 5.78 Å². The SMILES string of the molecule is CC.CC.CC(=O)c1cc(NC(=O)CCOCCC(=O)C(C)C)cc(C(=O)NCC(=O)O)c1. The van der Waals surface area contributed by atoms with Crippen molar-refractivity contribution in [1.29, 1.82) is 0 Å². The lowest BCUT2D eigenvalue weighted by Gasteiger charge is -2.10. The lowest BCUT2D eigenvalue weighted by Crippen LogP contribution is -2.29. The Balaban J connectivity index is 0. The molecule has 1 aromatic carbocycles. The maximum atomic E-state index is 12.1. The highest BCUT2D eigenvalue weighted by Crippen LogP contribution is 2.16. The number of nitrogens with one attached hydrogen (secondary N) is 2. The number of ether oxygens (including phenoxy) is 1. The highest BCUT2D eigenvalue weighted by Gasteiger charge is 2.13. The first-order valence-corrected chi connectivity index (χ1v) is 11.2. The number of benzene rings is 1. The number of carboxylic acids is 1. The Hall–Kier alpha value is -3.07. The first-order chi connectivity index (χ1) is 15.6. The molecule has 33 heavy (non-hydrogen) atoms. The van der Waals surface area contributed by atoms with Crippen LogP contribution >= 0.6 is 0 Å². The van der Waals surface area contributed by atoms with Gasteiger partial charge in [-0.3, -0.25) is 24.0 Å². The molecule has 0 heterocycles. The predicted molar refractivity (Wildman–Crippen MR) is 128 cm³/mol. The Kier molecular flexibility index (Phi) is 18.0. The topological polar surface area (TPSA) is 139 Å². The molecule has 0 fully saturated rings. The van der Waals surface area contributed by atoms with Gasteiger partial charge < -0.3 is 20.5 Å². The van der Waals surface area contributed by atoms with Gasteiger partial charge in [0.2, 0.25) is 5.91 Å². The minimum Gasteiger partial charge on any atom is -0.480 e. The van der Waals surface area contributed by atoms with Crippen molar-refractivity contribution < 1.29 is 33.8 Å². The fourth-order valence-corrected chi connectivity index (χ4v) is 2.24. The minimum atomic E-state index is -1.20. The van der Waals surface area contributed by atoms with Crippen LogP contribution in [0.5, 0.6) is 0 Å². The molecule has 0 aliphatic carbocycles. The fraction of sp³-hybridized carbons (Fsp3) is 0.542. The second-order valence-electron chi connectivity index (χ2n) is 6.71. The van der Waals surface area contributed by atoms with Gasteiger partial charge in [-0.1, -0.05) is 41.5 Å². The molecule has 0 aliphatic rings. The van der Waals surface area contributed by atoms with Crippen LogP contribution in [-0.2, 0) is 19.1 Å². The largest absolute Gasteiger partial charge is 0.480 e. The lowest BCUT2D eigenvalue weighted by molar-refractivity contribution is -0.135. The number of carboxylic acid groups (broad SMARTS) is 1. The molecule has 9 nitrogen and oxygen atoms in total. The van der Waals surface area contributed by atoms with E-state index in [9.17, 15) is 24.0 Å². The third-order valence-corrected chi connectivity index (χ3v) is 3.90. The van der Waals surface area contributed by atoms with Crippen molar-refractivity contribution in [2.24, 2.45) is 5.92 Å². The van der Waals surface area contributed by atoms with E-state index >= 15 is 0 Å². The number of carbonyl (C=O) groups excluding carboxylic acids is 4. The number of hydrogen-bond acceptors (Lipinski definition) is 6. The number of ketones is 2. The summed E-state index contributed by atoms with van der Waals surface area (Å²) in [7, 11) is 0. The first kappa shape index (κ1) is 32.1. The third-order valence-electron chi connectivity index (χ3n) is 3.90. The van der Waals surface area contributed by atoms with Crippen LogP contribution in [0.4, 0.5) is 5.69 Å². The Bertz CT molecular complexity index is 789. The molecule has 0 atom stereocenters. The Labute approximate surface area is 196 Å². The maximum Gasteiger partial charge on any atom is 0.322 e. The van der Waals surface area contributed by atoms with Crippen molar-refractivity contribution in [2.75, 3.05) is 25.1 Å². The third kappa shape index (κ3) is 14.6. The van der Waals surface area contributed by atoms with E-state index in [1.807, 2.05) is 27.7 Å². The summed E-state index contributed by atoms with van der Waals surface area (Å²) >= 11 is 0. The molecule has 0 saturated heterocycles. The van der Waals surface area contributed by atoms with Crippen molar-refractivity contribution >= 4 is 35.0 Å². The number of rotatable bonds is 12. The quantitative estimate of drug-likeness (QED) is 0.315. The van der Waals surface area contributed by atoms with E-state index in [0.717, 1.165) is 0 Å². The summed E-state index contributed by atoms with van der Waals surface area (Å²) in [6.07, 6.45) is 0.315. The van der Waals surface area contributed by atoms with Gasteiger partial charge in [0.05, 0.1) is 19.6 Å². The number of hydrogen-bond donors (Lipinski definition) is 3. The predicted octanol–water partition coefficient (Wildman–Crippen LogP) is 3.72. The zero-order valence-corrected chi connectivity index (χ0v) is 20.7. The zero-order valence-electron chi connectivity index (χ0n) is 20.7. The van der Waals surface area contributed by atoms with E-state index in [4.69, 9.17) is 9.84 Å². The van der Waals surface area contributed by atoms with Gasteiger partial charge in [-0.15, -0.1) is 0 Å². The number of carbonyl (C=O) groups is 5. The smallest absolute Gasteiger partial charge is 0.322 e. The van der Waals surface area contributed by atoms with Crippen molar-refractivity contribution in [3.8, 4) is 0 Å². The molecule has 2 amide bonds. The Morgan fingerprint density at radius 1 is 0.909 bits per heavy atom. The highest BCUT2D eigenvalue weighted by atomic mass is 16.5. The van der Waals surface area contributed by atoms with Crippen molar-refractivity contribution in [3.63, 3.8) is 0 Å². The van der Waals surface area contributed by atoms with Crippen molar-refractivity contribution in [3.05, 3.63) is 29.3 Å². The average molecular weight is 467 g/mol. The van der Waals surface area contributed by atoms with Gasteiger partial charge in [0.25, 0.3) is 5.91 Å². The molecule has 1 rings (SSSR count). The Morgan fingerprint density at radius 3 is 1.97 bits per heavy atom. The minimum absolute atomic E-state index is 0.0285.